The van der Waals surface area contributed by atoms with Gasteiger partial charge in [0.15, 0.2) is 0 Å². The highest BCUT2D eigenvalue weighted by Crippen LogP contribution is 2.38. The second-order valence-electron chi connectivity index (χ2n) is 7.66. The first-order valence-electron chi connectivity index (χ1n) is 10.3. The molecule has 3 amide bonds. The van der Waals surface area contributed by atoms with Gasteiger partial charge in [-0.15, -0.1) is 0 Å². The lowest BCUT2D eigenvalue weighted by molar-refractivity contribution is -0.120. The van der Waals surface area contributed by atoms with E-state index in [1.54, 1.807) is 24.3 Å². The molecule has 2 N–H and O–H groups in total. The van der Waals surface area contributed by atoms with Crippen LogP contribution in [-0.4, -0.2) is 17.7 Å². The lowest BCUT2D eigenvalue weighted by Gasteiger charge is -2.17. The highest BCUT2D eigenvalue weighted by atomic mass is 35.5. The third kappa shape index (κ3) is 5.16. The lowest BCUT2D eigenvalue weighted by atomic mass is 10.1. The number of nitrogens with one attached hydrogen (secondary N) is 2. The second kappa shape index (κ2) is 10.3. The van der Waals surface area contributed by atoms with E-state index in [-0.39, 0.29) is 43.4 Å². The Labute approximate surface area is 221 Å². The van der Waals surface area contributed by atoms with E-state index >= 15 is 0 Å². The summed E-state index contributed by atoms with van der Waals surface area (Å²) in [7, 11) is 0. The van der Waals surface area contributed by atoms with Crippen molar-refractivity contribution in [2.45, 2.75) is 13.0 Å². The smallest absolute Gasteiger partial charge is 0.283 e. The number of amides is 3. The van der Waals surface area contributed by atoms with Crippen molar-refractivity contribution in [2.24, 2.45) is 0 Å². The Morgan fingerprint density at radius 1 is 0.829 bits per heavy atom. The summed E-state index contributed by atoms with van der Waals surface area (Å²) in [5.74, 6) is -1.72. The molecular weight excluding hydrogens is 532 g/mol. The zero-order valence-electron chi connectivity index (χ0n) is 18.1. The maximum atomic E-state index is 13.0. The molecule has 1 aliphatic rings. The summed E-state index contributed by atoms with van der Waals surface area (Å²) in [6, 6.07) is 18.5. The topological polar surface area (TPSA) is 78.5 Å². The largest absolute Gasteiger partial charge is 0.350 e. The minimum Gasteiger partial charge on any atom is -0.350 e. The summed E-state index contributed by atoms with van der Waals surface area (Å²) in [4.78, 5) is 39.2. The van der Waals surface area contributed by atoms with Gasteiger partial charge in [0.05, 0.1) is 26.8 Å². The summed E-state index contributed by atoms with van der Waals surface area (Å²) in [5, 5.41) is 5.84. The van der Waals surface area contributed by atoms with Crippen molar-refractivity contribution in [2.75, 3.05) is 10.2 Å². The number of halogens is 4. The first-order valence-corrected chi connectivity index (χ1v) is 11.8. The minimum atomic E-state index is -0.759. The van der Waals surface area contributed by atoms with E-state index in [0.717, 1.165) is 10.5 Å². The van der Waals surface area contributed by atoms with Crippen molar-refractivity contribution < 1.29 is 14.4 Å². The Bertz CT molecular complexity index is 1360. The monoisotopic (exact) mass is 547 g/mol. The number of benzene rings is 3. The van der Waals surface area contributed by atoms with Gasteiger partial charge in [0, 0.05) is 11.3 Å². The van der Waals surface area contributed by atoms with Crippen LogP contribution in [0.2, 0.25) is 15.1 Å². The molecule has 0 saturated heterocycles. The van der Waals surface area contributed by atoms with E-state index in [2.05, 4.69) is 10.6 Å². The van der Waals surface area contributed by atoms with Gasteiger partial charge >= 0.3 is 0 Å². The molecule has 1 unspecified atom stereocenters. The van der Waals surface area contributed by atoms with Gasteiger partial charge in [-0.25, -0.2) is 4.90 Å². The molecule has 0 spiro atoms. The molecule has 3 aromatic rings. The fraction of sp³-hybridized carbons (Fsp3) is 0.0800. The van der Waals surface area contributed by atoms with Crippen LogP contribution in [0.3, 0.4) is 0 Å². The predicted octanol–water partition coefficient (Wildman–Crippen LogP) is 6.57. The average Bonchev–Trinajstić information content (AvgIpc) is 3.05. The van der Waals surface area contributed by atoms with E-state index in [1.165, 1.54) is 12.1 Å². The highest BCUT2D eigenvalue weighted by Gasteiger charge is 2.40. The van der Waals surface area contributed by atoms with Crippen molar-refractivity contribution in [3.63, 3.8) is 0 Å². The average molecular weight is 549 g/mol. The van der Waals surface area contributed by atoms with Gasteiger partial charge < -0.3 is 10.6 Å². The van der Waals surface area contributed by atoms with Crippen LogP contribution in [0, 0.1) is 0 Å². The number of hydrogen-bond donors (Lipinski definition) is 2. The standard InChI is InChI=1S/C25H17Cl4N3O3/c1-13(14-5-3-2-4-6-14)30-23(33)15-7-9-16(10-8-15)31-22-21(29)24(34)32(25(22)35)20-12-18(27)17(26)11-19(20)28/h2-13,31H,1H3,(H,30,33). The molecule has 1 aliphatic heterocycles. The molecule has 10 heteroatoms. The summed E-state index contributed by atoms with van der Waals surface area (Å²) < 4.78 is 0. The first kappa shape index (κ1) is 25.1. The van der Waals surface area contributed by atoms with Crippen molar-refractivity contribution in [1.82, 2.24) is 5.32 Å². The molecule has 0 bridgehead atoms. The Morgan fingerprint density at radius 2 is 1.46 bits per heavy atom. The molecule has 4 rings (SSSR count). The van der Waals surface area contributed by atoms with Gasteiger partial charge in [0.2, 0.25) is 0 Å². The quantitative estimate of drug-likeness (QED) is 0.269. The molecule has 0 aromatic heterocycles. The molecule has 0 aliphatic carbocycles. The molecule has 1 heterocycles. The highest BCUT2D eigenvalue weighted by molar-refractivity contribution is 6.54. The maximum Gasteiger partial charge on any atom is 0.283 e. The number of carbonyl (C=O) groups excluding carboxylic acids is 3. The molecule has 0 radical (unpaired) electrons. The Kier molecular flexibility index (Phi) is 7.38. The summed E-state index contributed by atoms with van der Waals surface area (Å²) in [5.41, 5.74) is 1.79. The molecule has 178 valence electrons. The Hall–Kier alpha value is -3.03. The van der Waals surface area contributed by atoms with E-state index in [0.29, 0.717) is 11.3 Å². The van der Waals surface area contributed by atoms with Crippen LogP contribution >= 0.6 is 46.4 Å². The zero-order chi connectivity index (χ0) is 25.3. The van der Waals surface area contributed by atoms with Crippen LogP contribution in [0.25, 0.3) is 0 Å². The van der Waals surface area contributed by atoms with Gasteiger partial charge in [0.25, 0.3) is 17.7 Å². The molecule has 1 atom stereocenters. The van der Waals surface area contributed by atoms with Crippen LogP contribution < -0.4 is 15.5 Å². The van der Waals surface area contributed by atoms with Gasteiger partial charge in [-0.3, -0.25) is 14.4 Å². The summed E-state index contributed by atoms with van der Waals surface area (Å²) in [6.45, 7) is 1.90. The van der Waals surface area contributed by atoms with E-state index in [9.17, 15) is 14.4 Å². The summed E-state index contributed by atoms with van der Waals surface area (Å²) in [6.07, 6.45) is 0. The van der Waals surface area contributed by atoms with Crippen LogP contribution in [0.15, 0.2) is 77.5 Å². The van der Waals surface area contributed by atoms with Crippen molar-refractivity contribution >= 4 is 75.5 Å². The molecule has 0 fully saturated rings. The predicted molar refractivity (Wildman–Crippen MR) is 139 cm³/mol. The SMILES string of the molecule is CC(NC(=O)c1ccc(NC2=C(Cl)C(=O)N(c3cc(Cl)c(Cl)cc3Cl)C2=O)cc1)c1ccccc1. The normalized spacial score (nSPS) is 14.4. The fourth-order valence-electron chi connectivity index (χ4n) is 3.47. The lowest BCUT2D eigenvalue weighted by Crippen LogP contribution is -2.32. The molecule has 0 saturated carbocycles. The first-order chi connectivity index (χ1) is 16.7. The number of nitrogens with zero attached hydrogens (tertiary/aromatic N) is 1. The van der Waals surface area contributed by atoms with Crippen LogP contribution in [-0.2, 0) is 9.59 Å². The molecule has 6 nitrogen and oxygen atoms in total. The second-order valence-corrected chi connectivity index (χ2v) is 9.26. The van der Waals surface area contributed by atoms with E-state index in [4.69, 9.17) is 46.4 Å². The Morgan fingerprint density at radius 3 is 2.11 bits per heavy atom. The number of imide groups is 1. The van der Waals surface area contributed by atoms with E-state index < -0.39 is 11.8 Å². The minimum absolute atomic E-state index is 0.0607. The van der Waals surface area contributed by atoms with Crippen LogP contribution in [0.4, 0.5) is 11.4 Å². The molecule has 35 heavy (non-hydrogen) atoms. The fourth-order valence-corrected chi connectivity index (χ4v) is 4.31. The van der Waals surface area contributed by atoms with Crippen LogP contribution in [0.5, 0.6) is 0 Å². The number of hydrogen-bond acceptors (Lipinski definition) is 4. The number of rotatable bonds is 6. The molecule has 3 aromatic carbocycles. The third-order valence-corrected chi connectivity index (χ3v) is 6.70. The Balaban J connectivity index is 1.48. The van der Waals surface area contributed by atoms with Crippen molar-refractivity contribution in [3.8, 4) is 0 Å². The van der Waals surface area contributed by atoms with Gasteiger partial charge in [-0.2, -0.15) is 0 Å². The number of carbonyl (C=O) groups is 3. The summed E-state index contributed by atoms with van der Waals surface area (Å²) >= 11 is 24.3. The van der Waals surface area contributed by atoms with Crippen LogP contribution in [0.1, 0.15) is 28.9 Å². The molecular formula is C25H17Cl4N3O3. The van der Waals surface area contributed by atoms with Crippen molar-refractivity contribution in [1.29, 1.82) is 0 Å². The van der Waals surface area contributed by atoms with E-state index in [1.807, 2.05) is 37.3 Å². The van der Waals surface area contributed by atoms with Gasteiger partial charge in [-0.05, 0) is 48.9 Å². The van der Waals surface area contributed by atoms with Gasteiger partial charge in [0.1, 0.15) is 10.7 Å². The maximum absolute atomic E-state index is 13.0. The third-order valence-electron chi connectivity index (χ3n) is 5.32. The number of anilines is 2. The zero-order valence-corrected chi connectivity index (χ0v) is 21.1. The van der Waals surface area contributed by atoms with Crippen molar-refractivity contribution in [3.05, 3.63) is 104 Å². The van der Waals surface area contributed by atoms with Gasteiger partial charge in [-0.1, -0.05) is 76.7 Å².